The van der Waals surface area contributed by atoms with Crippen molar-refractivity contribution < 1.29 is 9.84 Å². The van der Waals surface area contributed by atoms with Gasteiger partial charge in [-0.1, -0.05) is 44.2 Å². The molecule has 1 aromatic carbocycles. The summed E-state index contributed by atoms with van der Waals surface area (Å²) < 4.78 is 5.82. The largest absolute Gasteiger partial charge is 0.389 e. The number of benzene rings is 1. The highest BCUT2D eigenvalue weighted by Crippen LogP contribution is 2.20. The Morgan fingerprint density at radius 3 is 2.42 bits per heavy atom. The minimum Gasteiger partial charge on any atom is -0.389 e. The van der Waals surface area contributed by atoms with E-state index in [1.54, 1.807) is 0 Å². The van der Waals surface area contributed by atoms with Crippen molar-refractivity contribution in [3.8, 4) is 0 Å². The quantitative estimate of drug-likeness (QED) is 0.721. The third-order valence-corrected chi connectivity index (χ3v) is 3.35. The number of aliphatic hydroxyl groups excluding tert-OH is 1. The lowest BCUT2D eigenvalue weighted by Gasteiger charge is -2.20. The summed E-state index contributed by atoms with van der Waals surface area (Å²) in [5, 5.41) is 13.2. The van der Waals surface area contributed by atoms with E-state index in [2.05, 4.69) is 38.2 Å². The van der Waals surface area contributed by atoms with Gasteiger partial charge in [-0.05, 0) is 25.3 Å². The highest BCUT2D eigenvalue weighted by Gasteiger charge is 2.12. The second-order valence-electron chi connectivity index (χ2n) is 5.01. The highest BCUT2D eigenvalue weighted by atomic mass is 16.5. The molecule has 2 N–H and O–H groups in total. The van der Waals surface area contributed by atoms with Crippen LogP contribution in [0.2, 0.25) is 0 Å². The van der Waals surface area contributed by atoms with Crippen molar-refractivity contribution in [1.29, 1.82) is 0 Å². The van der Waals surface area contributed by atoms with Gasteiger partial charge in [-0.25, -0.2) is 0 Å². The van der Waals surface area contributed by atoms with Crippen molar-refractivity contribution >= 4 is 0 Å². The lowest BCUT2D eigenvalue weighted by atomic mass is 10.1. The maximum Gasteiger partial charge on any atom is 0.0898 e. The van der Waals surface area contributed by atoms with E-state index in [1.165, 1.54) is 5.56 Å². The molecule has 3 atom stereocenters. The van der Waals surface area contributed by atoms with Gasteiger partial charge in [0.25, 0.3) is 0 Å². The van der Waals surface area contributed by atoms with E-state index in [9.17, 15) is 5.11 Å². The zero-order chi connectivity index (χ0) is 14.1. The minimum absolute atomic E-state index is 0.0689. The maximum absolute atomic E-state index is 9.90. The second kappa shape index (κ2) is 9.08. The van der Waals surface area contributed by atoms with Crippen molar-refractivity contribution in [1.82, 2.24) is 5.32 Å². The zero-order valence-electron chi connectivity index (χ0n) is 12.3. The molecule has 108 valence electrons. The van der Waals surface area contributed by atoms with Crippen LogP contribution >= 0.6 is 0 Å². The fraction of sp³-hybridized carbons (Fsp3) is 0.625. The number of hydrogen-bond acceptors (Lipinski definition) is 3. The Morgan fingerprint density at radius 1 is 1.16 bits per heavy atom. The van der Waals surface area contributed by atoms with Crippen molar-refractivity contribution in [3.05, 3.63) is 35.9 Å². The SMILES string of the molecule is CC[C@@H](C)NC[C@@H](O)CO[C@@H](CC)c1ccccc1. The normalized spacial score (nSPS) is 16.0. The van der Waals surface area contributed by atoms with Crippen LogP contribution in [0.15, 0.2) is 30.3 Å². The van der Waals surface area contributed by atoms with Gasteiger partial charge in [-0.15, -0.1) is 0 Å². The Bertz CT molecular complexity index is 329. The number of nitrogens with one attached hydrogen (secondary N) is 1. The molecule has 0 aliphatic rings. The molecule has 0 saturated heterocycles. The molecule has 0 fully saturated rings. The van der Waals surface area contributed by atoms with Gasteiger partial charge >= 0.3 is 0 Å². The molecule has 0 heterocycles. The monoisotopic (exact) mass is 265 g/mol. The van der Waals surface area contributed by atoms with Crippen LogP contribution in [0.5, 0.6) is 0 Å². The molecule has 3 heteroatoms. The molecular formula is C16H27NO2. The van der Waals surface area contributed by atoms with Crippen molar-refractivity contribution in [2.24, 2.45) is 0 Å². The Balaban J connectivity index is 2.33. The molecule has 0 unspecified atom stereocenters. The second-order valence-corrected chi connectivity index (χ2v) is 5.01. The third-order valence-electron chi connectivity index (χ3n) is 3.35. The lowest BCUT2D eigenvalue weighted by Crippen LogP contribution is -2.35. The van der Waals surface area contributed by atoms with Crippen molar-refractivity contribution in [3.63, 3.8) is 0 Å². The highest BCUT2D eigenvalue weighted by molar-refractivity contribution is 5.17. The van der Waals surface area contributed by atoms with E-state index >= 15 is 0 Å². The smallest absolute Gasteiger partial charge is 0.0898 e. The summed E-state index contributed by atoms with van der Waals surface area (Å²) in [6.45, 7) is 7.30. The van der Waals surface area contributed by atoms with E-state index < -0.39 is 6.10 Å². The van der Waals surface area contributed by atoms with Gasteiger partial charge in [0.05, 0.1) is 18.8 Å². The number of rotatable bonds is 9. The van der Waals surface area contributed by atoms with Crippen molar-refractivity contribution in [2.45, 2.75) is 51.9 Å². The van der Waals surface area contributed by atoms with Crippen LogP contribution in [0.3, 0.4) is 0 Å². The molecule has 1 aromatic rings. The number of ether oxygens (including phenoxy) is 1. The molecule has 0 bridgehead atoms. The first-order valence-electron chi connectivity index (χ1n) is 7.25. The van der Waals surface area contributed by atoms with Crippen LogP contribution in [0.4, 0.5) is 0 Å². The Hall–Kier alpha value is -0.900. The summed E-state index contributed by atoms with van der Waals surface area (Å²) >= 11 is 0. The first-order valence-corrected chi connectivity index (χ1v) is 7.25. The molecule has 1 rings (SSSR count). The summed E-state index contributed by atoms with van der Waals surface area (Å²) in [4.78, 5) is 0. The van der Waals surface area contributed by atoms with Gasteiger partial charge in [0.15, 0.2) is 0 Å². The Labute approximate surface area is 117 Å². The molecule has 0 spiro atoms. The van der Waals surface area contributed by atoms with Gasteiger partial charge in [0.2, 0.25) is 0 Å². The minimum atomic E-state index is -0.452. The van der Waals surface area contributed by atoms with E-state index in [1.807, 2.05) is 18.2 Å². The van der Waals surface area contributed by atoms with E-state index in [-0.39, 0.29) is 6.10 Å². The molecular weight excluding hydrogens is 238 g/mol. The van der Waals surface area contributed by atoms with Crippen LogP contribution in [0.25, 0.3) is 0 Å². The number of hydrogen-bond donors (Lipinski definition) is 2. The molecule has 0 saturated carbocycles. The van der Waals surface area contributed by atoms with Gasteiger partial charge in [-0.3, -0.25) is 0 Å². The molecule has 0 aliphatic heterocycles. The average Bonchev–Trinajstić information content (AvgIpc) is 2.46. The van der Waals surface area contributed by atoms with Crippen LogP contribution in [0, 0.1) is 0 Å². The summed E-state index contributed by atoms with van der Waals surface area (Å²) in [5.41, 5.74) is 1.17. The molecule has 0 radical (unpaired) electrons. The average molecular weight is 265 g/mol. The van der Waals surface area contributed by atoms with Crippen LogP contribution in [0.1, 0.15) is 45.3 Å². The Kier molecular flexibility index (Phi) is 7.72. The summed E-state index contributed by atoms with van der Waals surface area (Å²) in [7, 11) is 0. The van der Waals surface area contributed by atoms with E-state index in [0.29, 0.717) is 19.2 Å². The summed E-state index contributed by atoms with van der Waals surface area (Å²) in [5.74, 6) is 0. The maximum atomic E-state index is 9.90. The van der Waals surface area contributed by atoms with Gasteiger partial charge in [0, 0.05) is 12.6 Å². The topological polar surface area (TPSA) is 41.5 Å². The van der Waals surface area contributed by atoms with Crippen LogP contribution in [-0.2, 0) is 4.74 Å². The molecule has 19 heavy (non-hydrogen) atoms. The van der Waals surface area contributed by atoms with Gasteiger partial charge < -0.3 is 15.2 Å². The predicted octanol–water partition coefficient (Wildman–Crippen LogP) is 2.90. The van der Waals surface area contributed by atoms with Gasteiger partial charge in [0.1, 0.15) is 0 Å². The molecule has 3 nitrogen and oxygen atoms in total. The third kappa shape index (κ3) is 6.19. The van der Waals surface area contributed by atoms with Crippen LogP contribution in [-0.4, -0.2) is 30.4 Å². The summed E-state index contributed by atoms with van der Waals surface area (Å²) in [6.07, 6.45) is 1.59. The lowest BCUT2D eigenvalue weighted by molar-refractivity contribution is -0.0120. The zero-order valence-corrected chi connectivity index (χ0v) is 12.3. The fourth-order valence-corrected chi connectivity index (χ4v) is 1.89. The van der Waals surface area contributed by atoms with Gasteiger partial charge in [-0.2, -0.15) is 0 Å². The molecule has 0 aliphatic carbocycles. The molecule has 0 amide bonds. The Morgan fingerprint density at radius 2 is 1.84 bits per heavy atom. The fourth-order valence-electron chi connectivity index (χ4n) is 1.89. The first kappa shape index (κ1) is 16.2. The van der Waals surface area contributed by atoms with Crippen LogP contribution < -0.4 is 5.32 Å². The predicted molar refractivity (Wildman–Crippen MR) is 79.2 cm³/mol. The molecule has 0 aromatic heterocycles. The number of aliphatic hydroxyl groups is 1. The van der Waals surface area contributed by atoms with E-state index in [0.717, 1.165) is 12.8 Å². The first-order chi connectivity index (χ1) is 9.17. The van der Waals surface area contributed by atoms with Crippen molar-refractivity contribution in [2.75, 3.05) is 13.2 Å². The standard InChI is InChI=1S/C16H27NO2/c1-4-13(3)17-11-15(18)12-19-16(5-2)14-9-7-6-8-10-14/h6-10,13,15-18H,4-5,11-12H2,1-3H3/t13-,15-,16+/m1/s1. The summed E-state index contributed by atoms with van der Waals surface area (Å²) in [6, 6.07) is 10.6. The van der Waals surface area contributed by atoms with E-state index in [4.69, 9.17) is 4.74 Å².